The van der Waals surface area contributed by atoms with Crippen LogP contribution in [-0.2, 0) is 9.59 Å². The summed E-state index contributed by atoms with van der Waals surface area (Å²) in [6.07, 6.45) is 1.97. The Bertz CT molecular complexity index is 175. The van der Waals surface area contributed by atoms with Crippen molar-refractivity contribution < 1.29 is 9.59 Å². The molecule has 3 heteroatoms. The number of carbonyl (C=O) groups excluding carboxylic acids is 2. The van der Waals surface area contributed by atoms with E-state index in [9.17, 15) is 9.59 Å². The fourth-order valence-electron chi connectivity index (χ4n) is 0.603. The van der Waals surface area contributed by atoms with Gasteiger partial charge in [0.15, 0.2) is 5.78 Å². The van der Waals surface area contributed by atoms with E-state index in [4.69, 9.17) is 5.73 Å². The van der Waals surface area contributed by atoms with Gasteiger partial charge in [-0.25, -0.2) is 0 Å². The van der Waals surface area contributed by atoms with Crippen LogP contribution in [0.1, 0.15) is 19.8 Å². The molecule has 0 radical (unpaired) electrons. The lowest BCUT2D eigenvalue weighted by Crippen LogP contribution is -2.28. The third-order valence-electron chi connectivity index (χ3n) is 1.45. The minimum atomic E-state index is -0.501. The third-order valence-corrected chi connectivity index (χ3v) is 1.45. The Morgan fingerprint density at radius 2 is 2.18 bits per heavy atom. The van der Waals surface area contributed by atoms with E-state index in [-0.39, 0.29) is 11.6 Å². The first-order valence-electron chi connectivity index (χ1n) is 3.49. The minimum absolute atomic E-state index is 0.0679. The fourth-order valence-corrected chi connectivity index (χ4v) is 0.603. The number of ketones is 2. The number of nitrogens with two attached hydrogens (primary N) is 1. The Hall–Kier alpha value is -0.960. The summed E-state index contributed by atoms with van der Waals surface area (Å²) >= 11 is 0. The molecule has 0 unspecified atom stereocenters. The number of carbonyl (C=O) groups is 2. The average Bonchev–Trinajstić information content (AvgIpc) is 1.99. The van der Waals surface area contributed by atoms with Crippen molar-refractivity contribution in [3.05, 3.63) is 12.7 Å². The van der Waals surface area contributed by atoms with E-state index in [1.807, 2.05) is 0 Å². The molecule has 2 N–H and O–H groups in total. The van der Waals surface area contributed by atoms with Crippen LogP contribution in [0.2, 0.25) is 0 Å². The first-order valence-corrected chi connectivity index (χ1v) is 3.49. The van der Waals surface area contributed by atoms with Crippen LogP contribution in [0.15, 0.2) is 12.7 Å². The Kier molecular flexibility index (Phi) is 4.38. The average molecular weight is 155 g/mol. The predicted molar refractivity (Wildman–Crippen MR) is 43.1 cm³/mol. The summed E-state index contributed by atoms with van der Waals surface area (Å²) < 4.78 is 0. The summed E-state index contributed by atoms with van der Waals surface area (Å²) in [5.74, 6) is -0.149. The Morgan fingerprint density at radius 3 is 2.55 bits per heavy atom. The maximum absolute atomic E-state index is 10.7. The molecule has 0 aromatic rings. The van der Waals surface area contributed by atoms with Crippen LogP contribution in [0.25, 0.3) is 0 Å². The van der Waals surface area contributed by atoms with Crippen molar-refractivity contribution in [2.24, 2.45) is 5.73 Å². The number of rotatable bonds is 5. The SMILES string of the molecule is C=CC(=O)CC[C@H](N)C(C)=O. The van der Waals surface area contributed by atoms with Crippen molar-refractivity contribution >= 4 is 11.6 Å². The Balaban J connectivity index is 3.62. The molecule has 0 fully saturated rings. The second kappa shape index (κ2) is 4.79. The van der Waals surface area contributed by atoms with Crippen LogP contribution < -0.4 is 5.73 Å². The van der Waals surface area contributed by atoms with E-state index in [2.05, 4.69) is 6.58 Å². The minimum Gasteiger partial charge on any atom is -0.322 e. The van der Waals surface area contributed by atoms with Crippen molar-refractivity contribution in [3.8, 4) is 0 Å². The van der Waals surface area contributed by atoms with Crippen LogP contribution in [-0.4, -0.2) is 17.6 Å². The molecule has 0 spiro atoms. The highest BCUT2D eigenvalue weighted by atomic mass is 16.1. The largest absolute Gasteiger partial charge is 0.322 e. The molecule has 0 bridgehead atoms. The quantitative estimate of drug-likeness (QED) is 0.586. The van der Waals surface area contributed by atoms with Crippen molar-refractivity contribution in [2.45, 2.75) is 25.8 Å². The van der Waals surface area contributed by atoms with Crippen molar-refractivity contribution in [2.75, 3.05) is 0 Å². The highest BCUT2D eigenvalue weighted by Crippen LogP contribution is 1.96. The molecule has 0 aliphatic heterocycles. The smallest absolute Gasteiger partial charge is 0.155 e. The first-order chi connectivity index (χ1) is 5.07. The number of hydrogen-bond donors (Lipinski definition) is 1. The molecule has 0 saturated heterocycles. The van der Waals surface area contributed by atoms with Gasteiger partial charge >= 0.3 is 0 Å². The van der Waals surface area contributed by atoms with E-state index in [0.717, 1.165) is 0 Å². The highest BCUT2D eigenvalue weighted by Gasteiger charge is 2.08. The second-order valence-corrected chi connectivity index (χ2v) is 2.43. The van der Waals surface area contributed by atoms with Gasteiger partial charge in [0.2, 0.25) is 0 Å². The normalized spacial score (nSPS) is 12.2. The van der Waals surface area contributed by atoms with Gasteiger partial charge in [-0.2, -0.15) is 0 Å². The molecule has 1 atom stereocenters. The molecule has 0 aromatic heterocycles. The van der Waals surface area contributed by atoms with Gasteiger partial charge in [0.1, 0.15) is 5.78 Å². The van der Waals surface area contributed by atoms with Crippen LogP contribution in [0.4, 0.5) is 0 Å². The fraction of sp³-hybridized carbons (Fsp3) is 0.500. The molecule has 11 heavy (non-hydrogen) atoms. The zero-order valence-electron chi connectivity index (χ0n) is 6.67. The standard InChI is InChI=1S/C8H13NO2/c1-3-7(11)4-5-8(9)6(2)10/h3,8H,1,4-5,9H2,2H3/t8-/m0/s1. The molecule has 3 nitrogen and oxygen atoms in total. The van der Waals surface area contributed by atoms with E-state index in [0.29, 0.717) is 12.8 Å². The maximum Gasteiger partial charge on any atom is 0.155 e. The summed E-state index contributed by atoms with van der Waals surface area (Å²) in [7, 11) is 0. The van der Waals surface area contributed by atoms with Crippen LogP contribution in [0, 0.1) is 0 Å². The van der Waals surface area contributed by atoms with Crippen molar-refractivity contribution in [1.82, 2.24) is 0 Å². The van der Waals surface area contributed by atoms with Crippen LogP contribution >= 0.6 is 0 Å². The van der Waals surface area contributed by atoms with Gasteiger partial charge in [-0.05, 0) is 19.4 Å². The van der Waals surface area contributed by atoms with E-state index in [1.165, 1.54) is 13.0 Å². The molecule has 0 heterocycles. The number of allylic oxidation sites excluding steroid dienone is 1. The summed E-state index contributed by atoms with van der Waals surface area (Å²) in [6.45, 7) is 4.73. The van der Waals surface area contributed by atoms with E-state index < -0.39 is 6.04 Å². The molecular formula is C8H13NO2. The van der Waals surface area contributed by atoms with Gasteiger partial charge in [-0.15, -0.1) is 0 Å². The monoisotopic (exact) mass is 155 g/mol. The summed E-state index contributed by atoms with van der Waals surface area (Å²) in [5, 5.41) is 0. The van der Waals surface area contributed by atoms with Crippen molar-refractivity contribution in [1.29, 1.82) is 0 Å². The highest BCUT2D eigenvalue weighted by molar-refractivity contribution is 5.89. The van der Waals surface area contributed by atoms with Gasteiger partial charge in [-0.3, -0.25) is 9.59 Å². The summed E-state index contributed by atoms with van der Waals surface area (Å²) in [5.41, 5.74) is 5.38. The Labute approximate surface area is 66.3 Å². The first kappa shape index (κ1) is 10.0. The zero-order chi connectivity index (χ0) is 8.85. The molecule has 0 amide bonds. The third kappa shape index (κ3) is 4.44. The lowest BCUT2D eigenvalue weighted by molar-refractivity contribution is -0.118. The van der Waals surface area contributed by atoms with Gasteiger partial charge in [-0.1, -0.05) is 6.58 Å². The lowest BCUT2D eigenvalue weighted by atomic mass is 10.1. The summed E-state index contributed by atoms with van der Waals surface area (Å²) in [4.78, 5) is 21.2. The predicted octanol–water partition coefficient (Wildman–Crippen LogP) is 0.438. The second-order valence-electron chi connectivity index (χ2n) is 2.43. The number of Topliss-reactive ketones (excluding diaryl/α,β-unsaturated/α-hetero) is 1. The molecular weight excluding hydrogens is 142 g/mol. The lowest BCUT2D eigenvalue weighted by Gasteiger charge is -2.04. The molecule has 62 valence electrons. The molecule has 0 rings (SSSR count). The number of hydrogen-bond acceptors (Lipinski definition) is 3. The van der Waals surface area contributed by atoms with Crippen LogP contribution in [0.5, 0.6) is 0 Å². The summed E-state index contributed by atoms with van der Waals surface area (Å²) in [6, 6.07) is -0.501. The van der Waals surface area contributed by atoms with Gasteiger partial charge in [0.25, 0.3) is 0 Å². The van der Waals surface area contributed by atoms with Gasteiger partial charge in [0.05, 0.1) is 6.04 Å². The molecule has 0 aliphatic carbocycles. The van der Waals surface area contributed by atoms with Crippen molar-refractivity contribution in [3.63, 3.8) is 0 Å². The van der Waals surface area contributed by atoms with Gasteiger partial charge in [0, 0.05) is 6.42 Å². The van der Waals surface area contributed by atoms with E-state index >= 15 is 0 Å². The topological polar surface area (TPSA) is 60.2 Å². The molecule has 0 aromatic carbocycles. The molecule has 0 aliphatic rings. The van der Waals surface area contributed by atoms with Crippen LogP contribution in [0.3, 0.4) is 0 Å². The Morgan fingerprint density at radius 1 is 1.64 bits per heavy atom. The molecule has 0 saturated carbocycles. The van der Waals surface area contributed by atoms with E-state index in [1.54, 1.807) is 0 Å². The maximum atomic E-state index is 10.7. The van der Waals surface area contributed by atoms with Gasteiger partial charge < -0.3 is 5.73 Å². The zero-order valence-corrected chi connectivity index (χ0v) is 6.67.